The average molecular weight is 973 g/mol. The first kappa shape index (κ1) is 52.6. The number of carbonyl (C=O) groups is 4. The standard InChI is InChI=1S/C45H60N6O18/c46-16-17-47-42(59)51-31-32(53)30(20-52)67-40(34(31)55)68-38-27(49-44(61)64-22-25-12-6-2-7-13-25)18-28(50-45(62)65-23-26-14-8-3-9-15-26)39(37(38)58)69-41-36(57)35(56)33(54)29(66-41)19-48-43(60)63-21-24-10-4-1-5-11-24/h1-15,27-41,52-58H,16-23,46H2,(H,48,60)(H,49,61)(H,50,62)(H2,47,51,59)/t27-,28+,29-,30-,31+,32-,33-,34-,35+,36-,37-,38+,39-,40-,41-/m1/s1. The summed E-state index contributed by atoms with van der Waals surface area (Å²) in [6, 6.07) is 20.9. The number of nitrogens with one attached hydrogen (secondary N) is 5. The third-order valence-electron chi connectivity index (χ3n) is 11.5. The molecule has 0 spiro atoms. The predicted octanol–water partition coefficient (Wildman–Crippen LogP) is -2.09. The van der Waals surface area contributed by atoms with E-state index in [2.05, 4.69) is 26.6 Å². The van der Waals surface area contributed by atoms with Crippen molar-refractivity contribution >= 4 is 24.3 Å². The number of urea groups is 1. The lowest BCUT2D eigenvalue weighted by molar-refractivity contribution is -0.334. The van der Waals surface area contributed by atoms with E-state index in [9.17, 15) is 54.9 Å². The molecule has 1 aliphatic carbocycles. The molecule has 0 unspecified atom stereocenters. The summed E-state index contributed by atoms with van der Waals surface area (Å²) in [5.41, 5.74) is 7.42. The van der Waals surface area contributed by atoms with Crippen molar-refractivity contribution in [1.82, 2.24) is 26.6 Å². The molecule has 2 aliphatic heterocycles. The van der Waals surface area contributed by atoms with Crippen LogP contribution in [-0.4, -0.2) is 178 Å². The molecule has 69 heavy (non-hydrogen) atoms. The van der Waals surface area contributed by atoms with E-state index in [-0.39, 0.29) is 32.9 Å². The Kier molecular flexibility index (Phi) is 19.6. The fraction of sp³-hybridized carbons (Fsp3) is 0.511. The third kappa shape index (κ3) is 14.6. The molecule has 0 aromatic heterocycles. The molecule has 2 saturated heterocycles. The maximum absolute atomic E-state index is 13.5. The minimum absolute atomic E-state index is 0.0247. The number of hydrogen-bond donors (Lipinski definition) is 13. The van der Waals surface area contributed by atoms with Crippen molar-refractivity contribution < 1.29 is 88.1 Å². The summed E-state index contributed by atoms with van der Waals surface area (Å²) >= 11 is 0. The highest BCUT2D eigenvalue weighted by Crippen LogP contribution is 2.33. The van der Waals surface area contributed by atoms with Gasteiger partial charge < -0.3 is 101 Å². The number of aliphatic hydroxyl groups is 7. The number of amides is 5. The summed E-state index contributed by atoms with van der Waals surface area (Å²) < 4.78 is 40.2. The number of hydrogen-bond acceptors (Lipinski definition) is 19. The largest absolute Gasteiger partial charge is 0.445 e. The lowest BCUT2D eigenvalue weighted by Crippen LogP contribution is -2.70. The van der Waals surface area contributed by atoms with Crippen molar-refractivity contribution in [3.63, 3.8) is 0 Å². The molecule has 24 nitrogen and oxygen atoms in total. The summed E-state index contributed by atoms with van der Waals surface area (Å²) in [5.74, 6) is 0. The summed E-state index contributed by atoms with van der Waals surface area (Å²) in [5, 5.41) is 90.6. The Bertz CT molecular complexity index is 2070. The van der Waals surface area contributed by atoms with Crippen LogP contribution in [0.5, 0.6) is 0 Å². The van der Waals surface area contributed by atoms with Crippen molar-refractivity contribution in [1.29, 1.82) is 0 Å². The lowest BCUT2D eigenvalue weighted by Gasteiger charge is -2.49. The monoisotopic (exact) mass is 972 g/mol. The second-order valence-electron chi connectivity index (χ2n) is 16.4. The molecule has 0 radical (unpaired) electrons. The minimum Gasteiger partial charge on any atom is -0.445 e. The number of carbonyl (C=O) groups excluding carboxylic acids is 4. The van der Waals surface area contributed by atoms with Crippen LogP contribution in [0, 0.1) is 0 Å². The Morgan fingerprint density at radius 3 is 1.49 bits per heavy atom. The molecule has 14 N–H and O–H groups in total. The number of alkyl carbamates (subject to hydrolysis) is 3. The molecule has 378 valence electrons. The number of rotatable bonds is 18. The van der Waals surface area contributed by atoms with E-state index in [1.165, 1.54) is 0 Å². The quantitative estimate of drug-likeness (QED) is 0.0608. The SMILES string of the molecule is NCCNC(=O)N[C@@H]1[C@@H](O)[C@@H](O[C@@H]2[C@@H](O)[C@H](O[C@H]3O[C@H](CNC(=O)OCc4ccccc4)[C@@H](O)[C@H](O)[C@H]3O)[C@@H](NC(=O)OCc3ccccc3)C[C@H]2NC(=O)OCc2ccccc2)O[C@H](CO)[C@H]1O. The minimum atomic E-state index is -2.03. The first-order chi connectivity index (χ1) is 33.3. The number of ether oxygens (including phenoxy) is 7. The first-order valence-electron chi connectivity index (χ1n) is 22.2. The third-order valence-corrected chi connectivity index (χ3v) is 11.5. The van der Waals surface area contributed by atoms with Gasteiger partial charge >= 0.3 is 24.3 Å². The second-order valence-corrected chi connectivity index (χ2v) is 16.4. The van der Waals surface area contributed by atoms with E-state index in [1.807, 2.05) is 0 Å². The van der Waals surface area contributed by atoms with Crippen LogP contribution in [0.4, 0.5) is 19.2 Å². The molecule has 3 aromatic carbocycles. The van der Waals surface area contributed by atoms with Crippen LogP contribution >= 0.6 is 0 Å². The normalized spacial score (nSPS) is 31.0. The molecule has 1 saturated carbocycles. The highest BCUT2D eigenvalue weighted by molar-refractivity contribution is 5.74. The average Bonchev–Trinajstić information content (AvgIpc) is 3.36. The molecule has 15 atom stereocenters. The Morgan fingerprint density at radius 2 is 1.01 bits per heavy atom. The Balaban J connectivity index is 1.27. The molecule has 3 aromatic rings. The van der Waals surface area contributed by atoms with Gasteiger partial charge in [-0.2, -0.15) is 0 Å². The molecule has 3 fully saturated rings. The van der Waals surface area contributed by atoms with Crippen LogP contribution in [-0.2, 0) is 53.0 Å². The molecule has 6 rings (SSSR count). The summed E-state index contributed by atoms with van der Waals surface area (Å²) in [6.07, 6.45) is -25.0. The van der Waals surface area contributed by atoms with Gasteiger partial charge in [0.2, 0.25) is 0 Å². The van der Waals surface area contributed by atoms with Gasteiger partial charge in [-0.1, -0.05) is 91.0 Å². The van der Waals surface area contributed by atoms with Gasteiger partial charge in [-0.3, -0.25) is 0 Å². The van der Waals surface area contributed by atoms with Crippen molar-refractivity contribution in [3.05, 3.63) is 108 Å². The van der Waals surface area contributed by atoms with Crippen LogP contribution in [0.3, 0.4) is 0 Å². The first-order valence-corrected chi connectivity index (χ1v) is 22.2. The Morgan fingerprint density at radius 1 is 0.551 bits per heavy atom. The van der Waals surface area contributed by atoms with Crippen LogP contribution in [0.25, 0.3) is 0 Å². The van der Waals surface area contributed by atoms with E-state index >= 15 is 0 Å². The zero-order chi connectivity index (χ0) is 49.5. The van der Waals surface area contributed by atoms with Crippen LogP contribution in [0.2, 0.25) is 0 Å². The van der Waals surface area contributed by atoms with Gasteiger partial charge in [-0.15, -0.1) is 0 Å². The highest BCUT2D eigenvalue weighted by Gasteiger charge is 2.54. The molecule has 5 amide bonds. The number of aliphatic hydroxyl groups excluding tert-OH is 7. The van der Waals surface area contributed by atoms with E-state index in [4.69, 9.17) is 38.9 Å². The lowest BCUT2D eigenvalue weighted by atomic mass is 9.83. The zero-order valence-corrected chi connectivity index (χ0v) is 37.2. The van der Waals surface area contributed by atoms with Gasteiger partial charge in [0, 0.05) is 19.6 Å². The van der Waals surface area contributed by atoms with E-state index in [0.717, 1.165) is 0 Å². The van der Waals surface area contributed by atoms with Crippen molar-refractivity contribution in [2.75, 3.05) is 26.2 Å². The fourth-order valence-electron chi connectivity index (χ4n) is 7.89. The summed E-state index contributed by atoms with van der Waals surface area (Å²) in [7, 11) is 0. The number of benzene rings is 3. The summed E-state index contributed by atoms with van der Waals surface area (Å²) in [6.45, 7) is -1.72. The molecule has 2 heterocycles. The van der Waals surface area contributed by atoms with Crippen molar-refractivity contribution in [3.8, 4) is 0 Å². The van der Waals surface area contributed by atoms with Crippen molar-refractivity contribution in [2.45, 2.75) is 118 Å². The van der Waals surface area contributed by atoms with Gasteiger partial charge in [0.1, 0.15) is 80.9 Å². The van der Waals surface area contributed by atoms with E-state index < -0.39 is 136 Å². The van der Waals surface area contributed by atoms with Gasteiger partial charge in [0.15, 0.2) is 12.6 Å². The fourth-order valence-corrected chi connectivity index (χ4v) is 7.89. The van der Waals surface area contributed by atoms with E-state index in [0.29, 0.717) is 16.7 Å². The maximum atomic E-state index is 13.5. The van der Waals surface area contributed by atoms with E-state index in [1.54, 1.807) is 91.0 Å². The highest BCUT2D eigenvalue weighted by atomic mass is 16.7. The number of nitrogens with two attached hydrogens (primary N) is 1. The van der Waals surface area contributed by atoms with Crippen LogP contribution in [0.1, 0.15) is 23.1 Å². The molecule has 0 bridgehead atoms. The van der Waals surface area contributed by atoms with Gasteiger partial charge in [0.05, 0.1) is 24.7 Å². The summed E-state index contributed by atoms with van der Waals surface area (Å²) in [4.78, 5) is 52.3. The Labute approximate surface area is 395 Å². The maximum Gasteiger partial charge on any atom is 0.407 e. The molecular formula is C45H60N6O18. The zero-order valence-electron chi connectivity index (χ0n) is 37.2. The second kappa shape index (κ2) is 25.7. The van der Waals surface area contributed by atoms with Crippen LogP contribution < -0.4 is 32.3 Å². The molecular weight excluding hydrogens is 913 g/mol. The molecule has 3 aliphatic rings. The smallest absolute Gasteiger partial charge is 0.407 e. The van der Waals surface area contributed by atoms with Crippen LogP contribution in [0.15, 0.2) is 91.0 Å². The van der Waals surface area contributed by atoms with Gasteiger partial charge in [-0.05, 0) is 23.1 Å². The topological polar surface area (TPSA) is 361 Å². The van der Waals surface area contributed by atoms with Gasteiger partial charge in [0.25, 0.3) is 0 Å². The molecule has 24 heteroatoms. The Hall–Kier alpha value is -5.74. The predicted molar refractivity (Wildman–Crippen MR) is 236 cm³/mol. The van der Waals surface area contributed by atoms with Crippen molar-refractivity contribution in [2.24, 2.45) is 5.73 Å². The van der Waals surface area contributed by atoms with Gasteiger partial charge in [-0.25, -0.2) is 19.2 Å².